The minimum absolute atomic E-state index is 0.0325. The maximum Gasteiger partial charge on any atom is 0.255 e. The molecule has 2 rings (SSSR count). The fraction of sp³-hybridized carbons (Fsp3) is 0.500. The lowest BCUT2D eigenvalue weighted by molar-refractivity contribution is 0.0642. The van der Waals surface area contributed by atoms with E-state index in [1.54, 1.807) is 18.2 Å². The third-order valence-electron chi connectivity index (χ3n) is 3.29. The molecule has 1 heterocycles. The summed E-state index contributed by atoms with van der Waals surface area (Å²) in [5, 5.41) is 12.5. The predicted molar refractivity (Wildman–Crippen MR) is 68.7 cm³/mol. The van der Waals surface area contributed by atoms with Crippen molar-refractivity contribution >= 4 is 5.91 Å². The maximum atomic E-state index is 12.0. The molecule has 1 aliphatic rings. The average Bonchev–Trinajstić information content (AvgIpc) is 2.40. The van der Waals surface area contributed by atoms with Crippen LogP contribution in [0.3, 0.4) is 0 Å². The first kappa shape index (κ1) is 12.9. The number of hydrogen-bond acceptors (Lipinski definition) is 3. The average molecular weight is 249 g/mol. The summed E-state index contributed by atoms with van der Waals surface area (Å²) in [5.74, 6) is 0.308. The molecular formula is C14H19NO3. The number of carbonyl (C=O) groups excluding carboxylic acids is 1. The minimum atomic E-state index is -0.206. The van der Waals surface area contributed by atoms with Gasteiger partial charge >= 0.3 is 0 Å². The van der Waals surface area contributed by atoms with E-state index in [9.17, 15) is 9.90 Å². The van der Waals surface area contributed by atoms with Gasteiger partial charge in [0.1, 0.15) is 5.75 Å². The first-order valence-corrected chi connectivity index (χ1v) is 6.32. The second kappa shape index (κ2) is 5.87. The van der Waals surface area contributed by atoms with E-state index in [-0.39, 0.29) is 11.7 Å². The highest BCUT2D eigenvalue weighted by Crippen LogP contribution is 2.18. The molecule has 1 amide bonds. The minimum Gasteiger partial charge on any atom is -0.507 e. The SMILES string of the molecule is Cc1ccc(O)c(C(=O)NCC2CCOCC2)c1. The Labute approximate surface area is 107 Å². The van der Waals surface area contributed by atoms with Gasteiger partial charge in [-0.25, -0.2) is 0 Å². The van der Waals surface area contributed by atoms with Gasteiger partial charge in [-0.3, -0.25) is 4.79 Å². The lowest BCUT2D eigenvalue weighted by Gasteiger charge is -2.22. The zero-order valence-electron chi connectivity index (χ0n) is 10.6. The number of phenols is 1. The summed E-state index contributed by atoms with van der Waals surface area (Å²) in [6, 6.07) is 5.04. The summed E-state index contributed by atoms with van der Waals surface area (Å²) in [6.45, 7) is 4.09. The van der Waals surface area contributed by atoms with E-state index >= 15 is 0 Å². The van der Waals surface area contributed by atoms with Crippen LogP contribution in [0.4, 0.5) is 0 Å². The van der Waals surface area contributed by atoms with Crippen molar-refractivity contribution in [2.24, 2.45) is 5.92 Å². The van der Waals surface area contributed by atoms with Gasteiger partial charge in [0.15, 0.2) is 0 Å². The van der Waals surface area contributed by atoms with E-state index in [4.69, 9.17) is 4.74 Å². The summed E-state index contributed by atoms with van der Waals surface area (Å²) < 4.78 is 5.27. The van der Waals surface area contributed by atoms with Crippen molar-refractivity contribution in [1.29, 1.82) is 0 Å². The van der Waals surface area contributed by atoms with Crippen LogP contribution in [0.15, 0.2) is 18.2 Å². The van der Waals surface area contributed by atoms with Gasteiger partial charge in [-0.2, -0.15) is 0 Å². The molecule has 1 aromatic rings. The molecular weight excluding hydrogens is 230 g/mol. The van der Waals surface area contributed by atoms with Gasteiger partial charge < -0.3 is 15.2 Å². The molecule has 0 bridgehead atoms. The van der Waals surface area contributed by atoms with Crippen molar-refractivity contribution in [3.63, 3.8) is 0 Å². The van der Waals surface area contributed by atoms with Crippen LogP contribution in [0, 0.1) is 12.8 Å². The van der Waals surface area contributed by atoms with E-state index in [1.807, 2.05) is 6.92 Å². The monoisotopic (exact) mass is 249 g/mol. The molecule has 4 nitrogen and oxygen atoms in total. The zero-order valence-corrected chi connectivity index (χ0v) is 10.6. The van der Waals surface area contributed by atoms with E-state index in [0.717, 1.165) is 31.6 Å². The number of amides is 1. The third kappa shape index (κ3) is 3.23. The zero-order chi connectivity index (χ0) is 13.0. The molecule has 1 aliphatic heterocycles. The number of nitrogens with one attached hydrogen (secondary N) is 1. The van der Waals surface area contributed by atoms with Crippen molar-refractivity contribution in [2.45, 2.75) is 19.8 Å². The molecule has 0 saturated carbocycles. The second-order valence-electron chi connectivity index (χ2n) is 4.79. The summed E-state index contributed by atoms with van der Waals surface area (Å²) in [4.78, 5) is 12.0. The quantitative estimate of drug-likeness (QED) is 0.859. The largest absolute Gasteiger partial charge is 0.507 e. The normalized spacial score (nSPS) is 16.5. The highest BCUT2D eigenvalue weighted by molar-refractivity contribution is 5.96. The van der Waals surface area contributed by atoms with Crippen molar-refractivity contribution < 1.29 is 14.6 Å². The molecule has 18 heavy (non-hydrogen) atoms. The summed E-state index contributed by atoms with van der Waals surface area (Å²) >= 11 is 0. The van der Waals surface area contributed by atoms with Gasteiger partial charge in [0, 0.05) is 19.8 Å². The maximum absolute atomic E-state index is 12.0. The molecule has 0 atom stereocenters. The lowest BCUT2D eigenvalue weighted by Crippen LogP contribution is -2.32. The van der Waals surface area contributed by atoms with Gasteiger partial charge in [0.2, 0.25) is 0 Å². The highest BCUT2D eigenvalue weighted by Gasteiger charge is 2.16. The number of rotatable bonds is 3. The molecule has 0 aromatic heterocycles. The first-order valence-electron chi connectivity index (χ1n) is 6.32. The van der Waals surface area contributed by atoms with Gasteiger partial charge in [-0.1, -0.05) is 11.6 Å². The van der Waals surface area contributed by atoms with Gasteiger partial charge in [-0.15, -0.1) is 0 Å². The molecule has 1 aromatic carbocycles. The van der Waals surface area contributed by atoms with E-state index in [2.05, 4.69) is 5.32 Å². The van der Waals surface area contributed by atoms with Crippen molar-refractivity contribution in [1.82, 2.24) is 5.32 Å². The Morgan fingerprint density at radius 1 is 1.44 bits per heavy atom. The van der Waals surface area contributed by atoms with Crippen LogP contribution < -0.4 is 5.32 Å². The fourth-order valence-electron chi connectivity index (χ4n) is 2.11. The molecule has 98 valence electrons. The van der Waals surface area contributed by atoms with E-state index in [1.165, 1.54) is 0 Å². The topological polar surface area (TPSA) is 58.6 Å². The molecule has 0 radical (unpaired) electrons. The standard InChI is InChI=1S/C14H19NO3/c1-10-2-3-13(16)12(8-10)14(17)15-9-11-4-6-18-7-5-11/h2-3,8,11,16H,4-7,9H2,1H3,(H,15,17). The van der Waals surface area contributed by atoms with Crippen molar-refractivity contribution in [3.8, 4) is 5.75 Å². The molecule has 0 spiro atoms. The Hall–Kier alpha value is -1.55. The number of aromatic hydroxyl groups is 1. The van der Waals surface area contributed by atoms with Crippen LogP contribution >= 0.6 is 0 Å². The number of benzene rings is 1. The van der Waals surface area contributed by atoms with Crippen molar-refractivity contribution in [2.75, 3.05) is 19.8 Å². The smallest absolute Gasteiger partial charge is 0.255 e. The Morgan fingerprint density at radius 3 is 2.89 bits per heavy atom. The van der Waals surface area contributed by atoms with Gasteiger partial charge in [0.25, 0.3) is 5.91 Å². The number of phenolic OH excluding ortho intramolecular Hbond substituents is 1. The van der Waals surface area contributed by atoms with Gasteiger partial charge in [-0.05, 0) is 37.8 Å². The van der Waals surface area contributed by atoms with Crippen LogP contribution in [0.5, 0.6) is 5.75 Å². The molecule has 2 N–H and O–H groups in total. The van der Waals surface area contributed by atoms with Crippen LogP contribution in [0.1, 0.15) is 28.8 Å². The van der Waals surface area contributed by atoms with Crippen LogP contribution in [0.25, 0.3) is 0 Å². The molecule has 4 heteroatoms. The molecule has 0 unspecified atom stereocenters. The van der Waals surface area contributed by atoms with Crippen LogP contribution in [0.2, 0.25) is 0 Å². The van der Waals surface area contributed by atoms with Gasteiger partial charge in [0.05, 0.1) is 5.56 Å². The Balaban J connectivity index is 1.92. The lowest BCUT2D eigenvalue weighted by atomic mass is 10.0. The van der Waals surface area contributed by atoms with E-state index in [0.29, 0.717) is 18.0 Å². The Bertz CT molecular complexity index is 425. The number of ether oxygens (including phenoxy) is 1. The van der Waals surface area contributed by atoms with Crippen LogP contribution in [-0.4, -0.2) is 30.8 Å². The molecule has 1 saturated heterocycles. The number of carbonyl (C=O) groups is 1. The number of hydrogen-bond donors (Lipinski definition) is 2. The summed E-state index contributed by atoms with van der Waals surface area (Å²) in [5.41, 5.74) is 1.31. The molecule has 0 aliphatic carbocycles. The van der Waals surface area contributed by atoms with Crippen LogP contribution in [-0.2, 0) is 4.74 Å². The predicted octanol–water partition coefficient (Wildman–Crippen LogP) is 1.86. The second-order valence-corrected chi connectivity index (χ2v) is 4.79. The summed E-state index contributed by atoms with van der Waals surface area (Å²) in [6.07, 6.45) is 1.97. The Kier molecular flexibility index (Phi) is 4.20. The number of aryl methyl sites for hydroxylation is 1. The van der Waals surface area contributed by atoms with Crippen molar-refractivity contribution in [3.05, 3.63) is 29.3 Å². The first-order chi connectivity index (χ1) is 8.66. The Morgan fingerprint density at radius 2 is 2.17 bits per heavy atom. The van der Waals surface area contributed by atoms with E-state index < -0.39 is 0 Å². The fourth-order valence-corrected chi connectivity index (χ4v) is 2.11. The molecule has 1 fully saturated rings. The third-order valence-corrected chi connectivity index (χ3v) is 3.29. The highest BCUT2D eigenvalue weighted by atomic mass is 16.5. The summed E-state index contributed by atoms with van der Waals surface area (Å²) in [7, 11) is 0.